The molecule has 0 saturated carbocycles. The summed E-state index contributed by atoms with van der Waals surface area (Å²) in [6.45, 7) is 9.97. The number of carbonyl (C=O) groups is 2. The van der Waals surface area contributed by atoms with Crippen molar-refractivity contribution in [1.29, 1.82) is 0 Å². The highest BCUT2D eigenvalue weighted by molar-refractivity contribution is 9.10. The second-order valence-corrected chi connectivity index (χ2v) is 10.6. The minimum atomic E-state index is -0.317. The topological polar surface area (TPSA) is 88.9 Å². The molecule has 9 heteroatoms. The zero-order valence-electron chi connectivity index (χ0n) is 20.3. The van der Waals surface area contributed by atoms with Crippen molar-refractivity contribution in [2.45, 2.75) is 45.8 Å². The van der Waals surface area contributed by atoms with Crippen LogP contribution >= 0.6 is 27.7 Å². The zero-order valence-corrected chi connectivity index (χ0v) is 22.7. The van der Waals surface area contributed by atoms with Crippen molar-refractivity contribution in [2.75, 3.05) is 11.1 Å². The van der Waals surface area contributed by atoms with Crippen molar-refractivity contribution in [3.05, 3.63) is 68.9 Å². The van der Waals surface area contributed by atoms with Gasteiger partial charge in [-0.2, -0.15) is 0 Å². The molecule has 3 aromatic rings. The smallest absolute Gasteiger partial charge is 0.251 e. The Hall–Kier alpha value is -2.65. The molecule has 0 fully saturated rings. The molecule has 2 aromatic carbocycles. The van der Waals surface area contributed by atoms with Gasteiger partial charge < -0.3 is 15.2 Å². The van der Waals surface area contributed by atoms with E-state index in [1.54, 1.807) is 0 Å². The third-order valence-corrected chi connectivity index (χ3v) is 6.99. The van der Waals surface area contributed by atoms with Crippen LogP contribution in [0.4, 0.5) is 5.69 Å². The van der Waals surface area contributed by atoms with E-state index >= 15 is 0 Å². The first-order valence-electron chi connectivity index (χ1n) is 11.0. The molecule has 180 valence electrons. The van der Waals surface area contributed by atoms with Crippen molar-refractivity contribution in [1.82, 2.24) is 20.1 Å². The molecule has 0 bridgehead atoms. The van der Waals surface area contributed by atoms with Crippen molar-refractivity contribution in [3.63, 3.8) is 0 Å². The first-order valence-corrected chi connectivity index (χ1v) is 12.8. The van der Waals surface area contributed by atoms with Crippen LogP contribution in [0.2, 0.25) is 0 Å². The van der Waals surface area contributed by atoms with Crippen LogP contribution in [0.1, 0.15) is 52.8 Å². The number of halogens is 1. The van der Waals surface area contributed by atoms with E-state index in [1.807, 2.05) is 82.6 Å². The number of hydrogen-bond donors (Lipinski definition) is 2. The Balaban J connectivity index is 1.68. The molecule has 0 unspecified atom stereocenters. The fraction of sp³-hybridized carbons (Fsp3) is 0.360. The number of rotatable bonds is 8. The van der Waals surface area contributed by atoms with Gasteiger partial charge in [0, 0.05) is 22.8 Å². The van der Waals surface area contributed by atoms with Gasteiger partial charge in [-0.25, -0.2) is 0 Å². The third kappa shape index (κ3) is 6.27. The molecule has 0 aliphatic rings. The molecule has 1 aromatic heterocycles. The molecular weight excluding hydrogens is 514 g/mol. The van der Waals surface area contributed by atoms with Crippen LogP contribution in [0.5, 0.6) is 0 Å². The van der Waals surface area contributed by atoms with Gasteiger partial charge in [0.2, 0.25) is 5.91 Å². The number of hydrogen-bond acceptors (Lipinski definition) is 5. The van der Waals surface area contributed by atoms with Gasteiger partial charge in [-0.05, 0) is 62.1 Å². The van der Waals surface area contributed by atoms with Crippen molar-refractivity contribution < 1.29 is 9.59 Å². The number of thioether (sulfide) groups is 1. The molecular formula is C25H30BrN5O2S. The fourth-order valence-electron chi connectivity index (χ4n) is 3.59. The maximum atomic E-state index is 12.8. The summed E-state index contributed by atoms with van der Waals surface area (Å²) in [5.74, 6) is 0.676. The molecule has 7 nitrogen and oxygen atoms in total. The van der Waals surface area contributed by atoms with E-state index < -0.39 is 0 Å². The summed E-state index contributed by atoms with van der Waals surface area (Å²) in [6.07, 6.45) is 0. The molecule has 0 aliphatic heterocycles. The van der Waals surface area contributed by atoms with E-state index in [1.165, 1.54) is 11.8 Å². The molecule has 1 atom stereocenters. The molecule has 2 N–H and O–H groups in total. The highest BCUT2D eigenvalue weighted by atomic mass is 79.9. The van der Waals surface area contributed by atoms with Gasteiger partial charge in [0.25, 0.3) is 5.91 Å². The Morgan fingerprint density at radius 1 is 1.06 bits per heavy atom. The summed E-state index contributed by atoms with van der Waals surface area (Å²) in [6, 6.07) is 11.1. The van der Waals surface area contributed by atoms with E-state index in [-0.39, 0.29) is 29.5 Å². The summed E-state index contributed by atoms with van der Waals surface area (Å²) in [5.41, 5.74) is 4.52. The van der Waals surface area contributed by atoms with Gasteiger partial charge in [0.05, 0.1) is 11.8 Å². The minimum Gasteiger partial charge on any atom is -0.342 e. The Bertz CT molecular complexity index is 1170. The van der Waals surface area contributed by atoms with Crippen LogP contribution in [0.15, 0.2) is 46.0 Å². The van der Waals surface area contributed by atoms with Gasteiger partial charge in [0.1, 0.15) is 0 Å². The number of carbonyl (C=O) groups excluding carboxylic acids is 2. The summed E-state index contributed by atoms with van der Waals surface area (Å²) >= 11 is 4.79. The number of nitrogens with one attached hydrogen (secondary N) is 2. The Labute approximate surface area is 213 Å². The maximum absolute atomic E-state index is 12.8. The molecule has 0 saturated heterocycles. The quantitative estimate of drug-likeness (QED) is 0.373. The molecule has 0 aliphatic carbocycles. The van der Waals surface area contributed by atoms with Crippen LogP contribution < -0.4 is 10.6 Å². The average Bonchev–Trinajstić information content (AvgIpc) is 3.13. The normalized spacial score (nSPS) is 12.0. The predicted molar refractivity (Wildman–Crippen MR) is 140 cm³/mol. The third-order valence-electron chi connectivity index (χ3n) is 5.51. The van der Waals surface area contributed by atoms with Crippen molar-refractivity contribution in [2.24, 2.45) is 13.0 Å². The van der Waals surface area contributed by atoms with Crippen molar-refractivity contribution in [3.8, 4) is 0 Å². The lowest BCUT2D eigenvalue weighted by atomic mass is 10.0. The summed E-state index contributed by atoms with van der Waals surface area (Å²) < 4.78 is 2.82. The van der Waals surface area contributed by atoms with Gasteiger partial charge in [-0.15, -0.1) is 10.2 Å². The monoisotopic (exact) mass is 543 g/mol. The van der Waals surface area contributed by atoms with Gasteiger partial charge in [-0.3, -0.25) is 9.59 Å². The standard InChI is InChI=1S/C25H30BrN5O2S/c1-14(2)21(28-24(33)18-9-7-15(3)8-10-18)23-29-30-25(31(23)6)34-13-20(32)27-22-16(4)11-19(26)12-17(22)5/h7-12,14,21H,13H2,1-6H3,(H,27,32)(H,28,33)/t21-/m0/s1. The number of aryl methyl sites for hydroxylation is 3. The molecule has 0 spiro atoms. The Kier molecular flexibility index (Phi) is 8.54. The lowest BCUT2D eigenvalue weighted by molar-refractivity contribution is -0.113. The van der Waals surface area contributed by atoms with E-state index in [0.29, 0.717) is 16.5 Å². The first kappa shape index (κ1) is 26.0. The zero-order chi connectivity index (χ0) is 25.0. The van der Waals surface area contributed by atoms with Crippen LogP contribution in [-0.4, -0.2) is 32.3 Å². The number of amides is 2. The molecule has 1 heterocycles. The number of benzene rings is 2. The van der Waals surface area contributed by atoms with E-state index in [4.69, 9.17) is 0 Å². The van der Waals surface area contributed by atoms with Gasteiger partial charge in [-0.1, -0.05) is 59.2 Å². The SMILES string of the molecule is Cc1ccc(C(=O)N[C@H](c2nnc(SCC(=O)Nc3c(C)cc(Br)cc3C)n2C)C(C)C)cc1. The molecule has 34 heavy (non-hydrogen) atoms. The van der Waals surface area contributed by atoms with Crippen LogP contribution in [0, 0.1) is 26.7 Å². The second kappa shape index (κ2) is 11.2. The second-order valence-electron chi connectivity index (χ2n) is 8.71. The fourth-order valence-corrected chi connectivity index (χ4v) is 5.00. The Morgan fingerprint density at radius 2 is 1.68 bits per heavy atom. The highest BCUT2D eigenvalue weighted by Gasteiger charge is 2.25. The van der Waals surface area contributed by atoms with E-state index in [9.17, 15) is 9.59 Å². The Morgan fingerprint density at radius 3 is 2.26 bits per heavy atom. The van der Waals surface area contributed by atoms with E-state index in [2.05, 4.69) is 36.8 Å². The minimum absolute atomic E-state index is 0.0989. The number of anilines is 1. The summed E-state index contributed by atoms with van der Waals surface area (Å²) in [7, 11) is 1.85. The lowest BCUT2D eigenvalue weighted by Gasteiger charge is -2.21. The highest BCUT2D eigenvalue weighted by Crippen LogP contribution is 2.27. The first-order chi connectivity index (χ1) is 16.1. The van der Waals surface area contributed by atoms with Crippen molar-refractivity contribution >= 4 is 45.2 Å². The molecule has 3 rings (SSSR count). The summed E-state index contributed by atoms with van der Waals surface area (Å²) in [4.78, 5) is 25.4. The van der Waals surface area contributed by atoms with Gasteiger partial charge >= 0.3 is 0 Å². The maximum Gasteiger partial charge on any atom is 0.251 e. The lowest BCUT2D eigenvalue weighted by Crippen LogP contribution is -2.33. The van der Waals surface area contributed by atoms with Crippen LogP contribution in [-0.2, 0) is 11.8 Å². The summed E-state index contributed by atoms with van der Waals surface area (Å²) in [5, 5.41) is 15.3. The predicted octanol–water partition coefficient (Wildman–Crippen LogP) is 5.36. The van der Waals surface area contributed by atoms with E-state index in [0.717, 1.165) is 26.9 Å². The van der Waals surface area contributed by atoms with Gasteiger partial charge in [0.15, 0.2) is 11.0 Å². The number of nitrogens with zero attached hydrogens (tertiary/aromatic N) is 3. The van der Waals surface area contributed by atoms with Crippen LogP contribution in [0.25, 0.3) is 0 Å². The number of aromatic nitrogens is 3. The van der Waals surface area contributed by atoms with Crippen LogP contribution in [0.3, 0.4) is 0 Å². The average molecular weight is 545 g/mol. The molecule has 0 radical (unpaired) electrons. The largest absolute Gasteiger partial charge is 0.342 e. The molecule has 2 amide bonds.